The fourth-order valence-electron chi connectivity index (χ4n) is 1.59. The molecule has 1 aliphatic carbocycles. The summed E-state index contributed by atoms with van der Waals surface area (Å²) in [6, 6.07) is 4.33. The van der Waals surface area contributed by atoms with Crippen molar-refractivity contribution in [2.75, 3.05) is 5.32 Å². The highest BCUT2D eigenvalue weighted by molar-refractivity contribution is 9.10. The molecule has 2 N–H and O–H groups in total. The van der Waals surface area contributed by atoms with Gasteiger partial charge in [0.2, 0.25) is 5.91 Å². The lowest BCUT2D eigenvalue weighted by Crippen LogP contribution is -2.17. The van der Waals surface area contributed by atoms with E-state index in [0.29, 0.717) is 10.9 Å². The van der Waals surface area contributed by atoms with Crippen LogP contribution in [0.5, 0.6) is 0 Å². The van der Waals surface area contributed by atoms with Crippen molar-refractivity contribution in [1.82, 2.24) is 0 Å². The molecule has 0 saturated heterocycles. The largest absolute Gasteiger partial charge is 0.481 e. The molecule has 0 aromatic heterocycles. The third-order valence-corrected chi connectivity index (χ3v) is 3.32. The van der Waals surface area contributed by atoms with Gasteiger partial charge in [-0.05, 0) is 34.5 Å². The number of hydrogen-bond donors (Lipinski definition) is 2. The lowest BCUT2D eigenvalue weighted by atomic mass is 10.2. The van der Waals surface area contributed by atoms with Gasteiger partial charge in [0.25, 0.3) is 0 Å². The number of carboxylic acids is 1. The van der Waals surface area contributed by atoms with Crippen LogP contribution in [-0.2, 0) is 9.59 Å². The number of benzene rings is 1. The average molecular weight is 302 g/mol. The third kappa shape index (κ3) is 2.46. The van der Waals surface area contributed by atoms with Crippen molar-refractivity contribution in [2.45, 2.75) is 6.42 Å². The molecule has 1 aromatic carbocycles. The summed E-state index contributed by atoms with van der Waals surface area (Å²) >= 11 is 3.12. The maximum absolute atomic E-state index is 13.4. The van der Waals surface area contributed by atoms with E-state index >= 15 is 0 Å². The van der Waals surface area contributed by atoms with Crippen LogP contribution in [0.1, 0.15) is 6.42 Å². The molecule has 0 heterocycles. The number of carbonyl (C=O) groups excluding carboxylic acids is 1. The van der Waals surface area contributed by atoms with Gasteiger partial charge in [-0.2, -0.15) is 0 Å². The molecule has 2 atom stereocenters. The molecular weight excluding hydrogens is 293 g/mol. The summed E-state index contributed by atoms with van der Waals surface area (Å²) in [5.74, 6) is -3.19. The molecule has 0 unspecified atom stereocenters. The standard InChI is InChI=1S/C11H9BrFNO3/c12-7-2-1-3-8(13)9(7)14-10(15)5-4-6(5)11(16)17/h1-3,5-6H,4H2,(H,14,15)(H,16,17)/t5-,6+/m1/s1. The first-order valence-electron chi connectivity index (χ1n) is 4.98. The van der Waals surface area contributed by atoms with Crippen molar-refractivity contribution in [1.29, 1.82) is 0 Å². The molecular formula is C11H9BrFNO3. The van der Waals surface area contributed by atoms with Crippen molar-refractivity contribution in [2.24, 2.45) is 11.8 Å². The highest BCUT2D eigenvalue weighted by Crippen LogP contribution is 2.40. The number of anilines is 1. The van der Waals surface area contributed by atoms with E-state index in [1.165, 1.54) is 12.1 Å². The molecule has 1 aromatic rings. The first kappa shape index (κ1) is 12.0. The zero-order valence-corrected chi connectivity index (χ0v) is 10.2. The zero-order chi connectivity index (χ0) is 12.6. The Kier molecular flexibility index (Phi) is 3.15. The van der Waals surface area contributed by atoms with Crippen molar-refractivity contribution in [3.8, 4) is 0 Å². The molecule has 6 heteroatoms. The van der Waals surface area contributed by atoms with E-state index in [-0.39, 0.29) is 5.69 Å². The molecule has 1 amide bonds. The topological polar surface area (TPSA) is 66.4 Å². The molecule has 4 nitrogen and oxygen atoms in total. The number of rotatable bonds is 3. The number of aliphatic carboxylic acids is 1. The van der Waals surface area contributed by atoms with E-state index in [1.807, 2.05) is 0 Å². The van der Waals surface area contributed by atoms with Crippen LogP contribution in [0.25, 0.3) is 0 Å². The van der Waals surface area contributed by atoms with Crippen molar-refractivity contribution in [3.05, 3.63) is 28.5 Å². The van der Waals surface area contributed by atoms with Crippen LogP contribution in [0, 0.1) is 17.7 Å². The number of carbonyl (C=O) groups is 2. The normalized spacial score (nSPS) is 22.0. The lowest BCUT2D eigenvalue weighted by Gasteiger charge is -2.07. The Morgan fingerprint density at radius 1 is 1.41 bits per heavy atom. The second-order valence-electron chi connectivity index (χ2n) is 3.87. The summed E-state index contributed by atoms with van der Waals surface area (Å²) in [5, 5.41) is 11.1. The molecule has 2 rings (SSSR count). The lowest BCUT2D eigenvalue weighted by molar-refractivity contribution is -0.139. The van der Waals surface area contributed by atoms with Crippen molar-refractivity contribution < 1.29 is 19.1 Å². The highest BCUT2D eigenvalue weighted by atomic mass is 79.9. The number of hydrogen-bond acceptors (Lipinski definition) is 2. The maximum Gasteiger partial charge on any atom is 0.307 e. The van der Waals surface area contributed by atoms with E-state index in [0.717, 1.165) is 0 Å². The predicted molar refractivity (Wildman–Crippen MR) is 62.0 cm³/mol. The Balaban J connectivity index is 2.07. The van der Waals surface area contributed by atoms with E-state index in [9.17, 15) is 14.0 Å². The second kappa shape index (κ2) is 4.44. The van der Waals surface area contributed by atoms with E-state index < -0.39 is 29.5 Å². The van der Waals surface area contributed by atoms with Crippen LogP contribution in [0.15, 0.2) is 22.7 Å². The van der Waals surface area contributed by atoms with Gasteiger partial charge in [-0.3, -0.25) is 9.59 Å². The van der Waals surface area contributed by atoms with Gasteiger partial charge in [-0.25, -0.2) is 4.39 Å². The Morgan fingerprint density at radius 3 is 2.65 bits per heavy atom. The number of carboxylic acid groups (broad SMARTS) is 1. The zero-order valence-electron chi connectivity index (χ0n) is 8.61. The predicted octanol–water partition coefficient (Wildman–Crippen LogP) is 2.25. The molecule has 1 fully saturated rings. The van der Waals surface area contributed by atoms with Gasteiger partial charge < -0.3 is 10.4 Å². The monoisotopic (exact) mass is 301 g/mol. The van der Waals surface area contributed by atoms with Gasteiger partial charge >= 0.3 is 5.97 Å². The van der Waals surface area contributed by atoms with Gasteiger partial charge in [0.05, 0.1) is 17.5 Å². The maximum atomic E-state index is 13.4. The third-order valence-electron chi connectivity index (χ3n) is 2.66. The average Bonchev–Trinajstić information content (AvgIpc) is 3.03. The SMILES string of the molecule is O=C(O)[C@H]1C[C@H]1C(=O)Nc1c(F)cccc1Br. The molecule has 90 valence electrons. The summed E-state index contributed by atoms with van der Waals surface area (Å²) in [6.45, 7) is 0. The highest BCUT2D eigenvalue weighted by Gasteiger charge is 2.48. The van der Waals surface area contributed by atoms with Crippen molar-refractivity contribution in [3.63, 3.8) is 0 Å². The second-order valence-corrected chi connectivity index (χ2v) is 4.73. The van der Waals surface area contributed by atoms with Crippen LogP contribution in [0.3, 0.4) is 0 Å². The Bertz CT molecular complexity index is 471. The minimum atomic E-state index is -0.988. The number of halogens is 2. The van der Waals surface area contributed by atoms with Crippen LogP contribution in [0.2, 0.25) is 0 Å². The Labute approximate surface area is 105 Å². The molecule has 1 aliphatic rings. The minimum absolute atomic E-state index is 0.0496. The summed E-state index contributed by atoms with van der Waals surface area (Å²) in [6.07, 6.45) is 0.313. The summed E-state index contributed by atoms with van der Waals surface area (Å²) in [7, 11) is 0. The number of para-hydroxylation sites is 1. The van der Waals surface area contributed by atoms with E-state index in [2.05, 4.69) is 21.2 Å². The minimum Gasteiger partial charge on any atom is -0.481 e. The fraction of sp³-hybridized carbons (Fsp3) is 0.273. The summed E-state index contributed by atoms with van der Waals surface area (Å²) < 4.78 is 13.8. The molecule has 0 spiro atoms. The van der Waals surface area contributed by atoms with Gasteiger partial charge in [-0.15, -0.1) is 0 Å². The van der Waals surface area contributed by atoms with Gasteiger partial charge in [-0.1, -0.05) is 6.07 Å². The molecule has 0 bridgehead atoms. The molecule has 1 saturated carbocycles. The summed E-state index contributed by atoms with van der Waals surface area (Å²) in [4.78, 5) is 22.2. The summed E-state index contributed by atoms with van der Waals surface area (Å²) in [5.41, 5.74) is 0.0496. The Hall–Kier alpha value is -1.43. The van der Waals surface area contributed by atoms with Gasteiger partial charge in [0.15, 0.2) is 0 Å². The first-order chi connectivity index (χ1) is 8.00. The van der Waals surface area contributed by atoms with Crippen LogP contribution >= 0.6 is 15.9 Å². The molecule has 0 aliphatic heterocycles. The molecule has 17 heavy (non-hydrogen) atoms. The van der Waals surface area contributed by atoms with Gasteiger partial charge in [0, 0.05) is 4.47 Å². The first-order valence-corrected chi connectivity index (χ1v) is 5.77. The number of amides is 1. The van der Waals surface area contributed by atoms with E-state index in [1.54, 1.807) is 6.07 Å². The van der Waals surface area contributed by atoms with Gasteiger partial charge in [0.1, 0.15) is 5.82 Å². The van der Waals surface area contributed by atoms with Crippen LogP contribution in [0.4, 0.5) is 10.1 Å². The molecule has 0 radical (unpaired) electrons. The quantitative estimate of drug-likeness (QED) is 0.900. The van der Waals surface area contributed by atoms with E-state index in [4.69, 9.17) is 5.11 Å². The van der Waals surface area contributed by atoms with Crippen molar-refractivity contribution >= 4 is 33.5 Å². The number of nitrogens with one attached hydrogen (secondary N) is 1. The fourth-order valence-corrected chi connectivity index (χ4v) is 2.03. The van der Waals surface area contributed by atoms with Crippen LogP contribution < -0.4 is 5.32 Å². The van der Waals surface area contributed by atoms with Crippen LogP contribution in [-0.4, -0.2) is 17.0 Å². The Morgan fingerprint density at radius 2 is 2.12 bits per heavy atom. The smallest absolute Gasteiger partial charge is 0.307 e.